The molecular weight excluding hydrogens is 168 g/mol. The fraction of sp³-hybridized carbons (Fsp3) is 0.889. The molecule has 0 heterocycles. The van der Waals surface area contributed by atoms with Crippen molar-refractivity contribution < 1.29 is 0 Å². The second-order valence-electron chi connectivity index (χ2n) is 3.37. The monoisotopic (exact) mass is 188 g/mol. The molecule has 0 aliphatic heterocycles. The summed E-state index contributed by atoms with van der Waals surface area (Å²) in [5, 5.41) is 6.86. The predicted molar refractivity (Wildman–Crippen MR) is 58.3 cm³/mol. The molecule has 2 atom stereocenters. The van der Waals surface area contributed by atoms with E-state index in [1.54, 1.807) is 0 Å². The largest absolute Gasteiger partial charge is 0.366 e. The van der Waals surface area contributed by atoms with Gasteiger partial charge in [0, 0.05) is 13.1 Å². The van der Waals surface area contributed by atoms with Crippen LogP contribution in [0.15, 0.2) is 0 Å². The van der Waals surface area contributed by atoms with Gasteiger partial charge in [-0.05, 0) is 31.5 Å². The summed E-state index contributed by atoms with van der Waals surface area (Å²) in [6, 6.07) is 0.472. The van der Waals surface area contributed by atoms with Crippen LogP contribution in [-0.2, 0) is 0 Å². The zero-order valence-corrected chi connectivity index (χ0v) is 9.29. The van der Waals surface area contributed by atoms with Crippen LogP contribution in [0.2, 0.25) is 0 Å². The summed E-state index contributed by atoms with van der Waals surface area (Å²) in [6.45, 7) is 6.64. The van der Waals surface area contributed by atoms with E-state index in [9.17, 15) is 0 Å². The van der Waals surface area contributed by atoms with Crippen LogP contribution >= 0.6 is 12.2 Å². The van der Waals surface area contributed by atoms with Gasteiger partial charge in [-0.1, -0.05) is 20.3 Å². The van der Waals surface area contributed by atoms with Gasteiger partial charge in [0.15, 0.2) is 5.11 Å². The van der Waals surface area contributed by atoms with E-state index in [1.165, 1.54) is 12.8 Å². The number of hydrogen-bond donors (Lipinski definition) is 2. The van der Waals surface area contributed by atoms with Crippen molar-refractivity contribution in [2.24, 2.45) is 5.92 Å². The summed E-state index contributed by atoms with van der Waals surface area (Å²) in [5.41, 5.74) is 0. The van der Waals surface area contributed by atoms with Gasteiger partial charge in [0.25, 0.3) is 0 Å². The van der Waals surface area contributed by atoms with E-state index >= 15 is 0 Å². The van der Waals surface area contributed by atoms with E-state index in [0.29, 0.717) is 6.04 Å². The van der Waals surface area contributed by atoms with Gasteiger partial charge in [-0.25, -0.2) is 0 Å². The smallest absolute Gasteiger partial charge is 0.166 e. The number of hydrogen-bond acceptors (Lipinski definition) is 1. The van der Waals surface area contributed by atoms with Crippen LogP contribution in [0.4, 0.5) is 0 Å². The molecule has 0 saturated carbocycles. The summed E-state index contributed by atoms with van der Waals surface area (Å²) in [6.07, 6.45) is 2.41. The summed E-state index contributed by atoms with van der Waals surface area (Å²) < 4.78 is 0. The molecule has 0 radical (unpaired) electrons. The van der Waals surface area contributed by atoms with Crippen LogP contribution in [-0.4, -0.2) is 18.2 Å². The van der Waals surface area contributed by atoms with Gasteiger partial charge in [-0.15, -0.1) is 0 Å². The van der Waals surface area contributed by atoms with E-state index in [2.05, 4.69) is 31.4 Å². The minimum Gasteiger partial charge on any atom is -0.366 e. The van der Waals surface area contributed by atoms with Crippen LogP contribution in [0.25, 0.3) is 0 Å². The SMILES string of the molecule is CCC(C)CC(C)NC(=S)NC. The first-order chi connectivity index (χ1) is 5.60. The summed E-state index contributed by atoms with van der Waals surface area (Å²) in [7, 11) is 1.84. The number of nitrogens with one attached hydrogen (secondary N) is 2. The van der Waals surface area contributed by atoms with Crippen LogP contribution in [0.1, 0.15) is 33.6 Å². The number of rotatable bonds is 4. The van der Waals surface area contributed by atoms with Gasteiger partial charge in [-0.3, -0.25) is 0 Å². The minimum atomic E-state index is 0.472. The van der Waals surface area contributed by atoms with Crippen molar-refractivity contribution in [1.82, 2.24) is 10.6 Å². The van der Waals surface area contributed by atoms with E-state index in [4.69, 9.17) is 12.2 Å². The van der Waals surface area contributed by atoms with Crippen molar-refractivity contribution in [2.45, 2.75) is 39.7 Å². The molecule has 72 valence electrons. The molecule has 0 aliphatic carbocycles. The highest BCUT2D eigenvalue weighted by molar-refractivity contribution is 7.80. The average Bonchev–Trinajstić information content (AvgIpc) is 2.03. The third kappa shape index (κ3) is 5.35. The van der Waals surface area contributed by atoms with Gasteiger partial charge in [0.2, 0.25) is 0 Å². The Hall–Kier alpha value is -0.310. The van der Waals surface area contributed by atoms with Crippen molar-refractivity contribution in [3.63, 3.8) is 0 Å². The first-order valence-electron chi connectivity index (χ1n) is 4.58. The minimum absolute atomic E-state index is 0.472. The molecule has 0 aromatic rings. The molecule has 0 aromatic carbocycles. The van der Waals surface area contributed by atoms with Crippen LogP contribution in [0, 0.1) is 5.92 Å². The third-order valence-corrected chi connectivity index (χ3v) is 2.38. The van der Waals surface area contributed by atoms with Crippen LogP contribution in [0.5, 0.6) is 0 Å². The fourth-order valence-corrected chi connectivity index (χ4v) is 1.33. The van der Waals surface area contributed by atoms with E-state index in [-0.39, 0.29) is 0 Å². The maximum Gasteiger partial charge on any atom is 0.166 e. The van der Waals surface area contributed by atoms with Crippen LogP contribution in [0.3, 0.4) is 0 Å². The second kappa shape index (κ2) is 6.23. The quantitative estimate of drug-likeness (QED) is 0.659. The lowest BCUT2D eigenvalue weighted by Gasteiger charge is -2.18. The molecule has 2 unspecified atom stereocenters. The van der Waals surface area contributed by atoms with E-state index < -0.39 is 0 Å². The first-order valence-corrected chi connectivity index (χ1v) is 4.99. The zero-order chi connectivity index (χ0) is 9.56. The highest BCUT2D eigenvalue weighted by atomic mass is 32.1. The molecule has 0 fully saturated rings. The molecule has 0 aromatic heterocycles. The van der Waals surface area contributed by atoms with E-state index in [1.807, 2.05) is 7.05 Å². The second-order valence-corrected chi connectivity index (χ2v) is 3.78. The molecule has 0 saturated heterocycles. The van der Waals surface area contributed by atoms with Gasteiger partial charge >= 0.3 is 0 Å². The molecule has 0 bridgehead atoms. The molecule has 2 nitrogen and oxygen atoms in total. The maximum atomic E-state index is 5.00. The molecular formula is C9H20N2S. The molecule has 0 spiro atoms. The summed E-state index contributed by atoms with van der Waals surface area (Å²) >= 11 is 5.00. The lowest BCUT2D eigenvalue weighted by molar-refractivity contribution is 0.448. The lowest BCUT2D eigenvalue weighted by Crippen LogP contribution is -2.39. The summed E-state index contributed by atoms with van der Waals surface area (Å²) in [4.78, 5) is 0. The van der Waals surface area contributed by atoms with Crippen molar-refractivity contribution >= 4 is 17.3 Å². The number of thiocarbonyl (C=S) groups is 1. The van der Waals surface area contributed by atoms with Gasteiger partial charge in [-0.2, -0.15) is 0 Å². The Labute approximate surface area is 81.1 Å². The van der Waals surface area contributed by atoms with Crippen molar-refractivity contribution in [1.29, 1.82) is 0 Å². The molecule has 0 aliphatic rings. The Morgan fingerprint density at radius 3 is 2.42 bits per heavy atom. The molecule has 12 heavy (non-hydrogen) atoms. The van der Waals surface area contributed by atoms with Gasteiger partial charge < -0.3 is 10.6 Å². The lowest BCUT2D eigenvalue weighted by atomic mass is 10.0. The summed E-state index contributed by atoms with van der Waals surface area (Å²) in [5.74, 6) is 0.771. The molecule has 3 heteroatoms. The Morgan fingerprint density at radius 2 is 2.00 bits per heavy atom. The van der Waals surface area contributed by atoms with Crippen molar-refractivity contribution in [3.05, 3.63) is 0 Å². The van der Waals surface area contributed by atoms with Gasteiger partial charge in [0.05, 0.1) is 0 Å². The Bertz CT molecular complexity index is 136. The highest BCUT2D eigenvalue weighted by Crippen LogP contribution is 2.08. The first kappa shape index (κ1) is 11.7. The zero-order valence-electron chi connectivity index (χ0n) is 8.48. The molecule has 0 amide bonds. The van der Waals surface area contributed by atoms with Crippen LogP contribution < -0.4 is 10.6 Å². The van der Waals surface area contributed by atoms with Crippen molar-refractivity contribution in [2.75, 3.05) is 7.05 Å². The third-order valence-electron chi connectivity index (χ3n) is 2.06. The molecule has 2 N–H and O–H groups in total. The highest BCUT2D eigenvalue weighted by Gasteiger charge is 2.06. The predicted octanol–water partition coefficient (Wildman–Crippen LogP) is 1.91. The molecule has 0 rings (SSSR count). The average molecular weight is 188 g/mol. The Balaban J connectivity index is 3.58. The Kier molecular flexibility index (Phi) is 6.07. The standard InChI is InChI=1S/C9H20N2S/c1-5-7(2)6-8(3)11-9(12)10-4/h7-8H,5-6H2,1-4H3,(H2,10,11,12). The van der Waals surface area contributed by atoms with Crippen molar-refractivity contribution in [3.8, 4) is 0 Å². The normalized spacial score (nSPS) is 15.0. The maximum absolute atomic E-state index is 5.00. The Morgan fingerprint density at radius 1 is 1.42 bits per heavy atom. The topological polar surface area (TPSA) is 24.1 Å². The van der Waals surface area contributed by atoms with Gasteiger partial charge in [0.1, 0.15) is 0 Å². The fourth-order valence-electron chi connectivity index (χ4n) is 1.13. The van der Waals surface area contributed by atoms with E-state index in [0.717, 1.165) is 11.0 Å².